The van der Waals surface area contributed by atoms with E-state index >= 15 is 0 Å². The van der Waals surface area contributed by atoms with Gasteiger partial charge in [-0.05, 0) is 23.6 Å². The summed E-state index contributed by atoms with van der Waals surface area (Å²) in [4.78, 5) is 19.5. The van der Waals surface area contributed by atoms with Gasteiger partial charge in [0.2, 0.25) is 5.88 Å². The van der Waals surface area contributed by atoms with Gasteiger partial charge in [0.1, 0.15) is 6.10 Å². The minimum atomic E-state index is 0.00701. The predicted octanol–water partition coefficient (Wildman–Crippen LogP) is 3.59. The molecule has 3 aromatic rings. The Morgan fingerprint density at radius 2 is 2.09 bits per heavy atom. The van der Waals surface area contributed by atoms with Crippen LogP contribution in [0.25, 0.3) is 10.9 Å². The summed E-state index contributed by atoms with van der Waals surface area (Å²) in [5.41, 5.74) is 0.925. The summed E-state index contributed by atoms with van der Waals surface area (Å²) in [5.74, 6) is 0.719. The number of carbonyl (C=O) groups is 1. The van der Waals surface area contributed by atoms with Gasteiger partial charge in [0, 0.05) is 24.4 Å². The average Bonchev–Trinajstić information content (AvgIpc) is 3.26. The topological polar surface area (TPSA) is 42.4 Å². The Bertz CT molecular complexity index is 832. The molecule has 1 amide bonds. The number of rotatable bonds is 3. The van der Waals surface area contributed by atoms with Crippen molar-refractivity contribution in [2.45, 2.75) is 12.5 Å². The lowest BCUT2D eigenvalue weighted by Crippen LogP contribution is -2.30. The number of amides is 1. The van der Waals surface area contributed by atoms with E-state index in [1.165, 1.54) is 11.3 Å². The van der Waals surface area contributed by atoms with E-state index in [0.717, 1.165) is 28.7 Å². The molecule has 0 radical (unpaired) electrons. The number of aromatic nitrogens is 1. The zero-order valence-electron chi connectivity index (χ0n) is 12.5. The SMILES string of the molecule is O=C(c1cccs1)N1CCC(Oc2ccc3ccccc3n2)C1. The van der Waals surface area contributed by atoms with Crippen LogP contribution in [0.5, 0.6) is 5.88 Å². The van der Waals surface area contributed by atoms with Gasteiger partial charge in [-0.1, -0.05) is 24.3 Å². The lowest BCUT2D eigenvalue weighted by Gasteiger charge is -2.16. The number of carbonyl (C=O) groups excluding carboxylic acids is 1. The number of ether oxygens (including phenoxy) is 1. The maximum Gasteiger partial charge on any atom is 0.264 e. The molecule has 1 saturated heterocycles. The summed E-state index contributed by atoms with van der Waals surface area (Å²) in [7, 11) is 0. The molecule has 1 aliphatic heterocycles. The summed E-state index contributed by atoms with van der Waals surface area (Å²) in [5, 5.41) is 3.02. The largest absolute Gasteiger partial charge is 0.472 e. The quantitative estimate of drug-likeness (QED) is 0.739. The summed E-state index contributed by atoms with van der Waals surface area (Å²) in [6.07, 6.45) is 0.846. The fourth-order valence-corrected chi connectivity index (χ4v) is 3.54. The van der Waals surface area contributed by atoms with E-state index in [0.29, 0.717) is 12.4 Å². The van der Waals surface area contributed by atoms with Gasteiger partial charge in [-0.3, -0.25) is 4.79 Å². The van der Waals surface area contributed by atoms with Crippen molar-refractivity contribution >= 4 is 28.1 Å². The molecular formula is C18H16N2O2S. The molecule has 4 rings (SSSR count). The van der Waals surface area contributed by atoms with Gasteiger partial charge in [-0.2, -0.15) is 0 Å². The third kappa shape index (κ3) is 2.92. The predicted molar refractivity (Wildman–Crippen MR) is 91.0 cm³/mol. The van der Waals surface area contributed by atoms with Crippen molar-refractivity contribution < 1.29 is 9.53 Å². The lowest BCUT2D eigenvalue weighted by atomic mass is 10.2. The molecule has 1 unspecified atom stereocenters. The highest BCUT2D eigenvalue weighted by Crippen LogP contribution is 2.22. The molecule has 4 nitrogen and oxygen atoms in total. The molecule has 0 spiro atoms. The van der Waals surface area contributed by atoms with Gasteiger partial charge < -0.3 is 9.64 Å². The first-order valence-corrected chi connectivity index (χ1v) is 8.53. The number of pyridine rings is 1. The first-order chi connectivity index (χ1) is 11.3. The van der Waals surface area contributed by atoms with Gasteiger partial charge in [-0.15, -0.1) is 11.3 Å². The van der Waals surface area contributed by atoms with Crippen molar-refractivity contribution in [3.05, 3.63) is 58.8 Å². The van der Waals surface area contributed by atoms with Crippen LogP contribution in [0.1, 0.15) is 16.1 Å². The van der Waals surface area contributed by atoms with Crippen LogP contribution in [0.2, 0.25) is 0 Å². The number of likely N-dealkylation sites (tertiary alicyclic amines) is 1. The van der Waals surface area contributed by atoms with Crippen LogP contribution in [-0.4, -0.2) is 35.0 Å². The van der Waals surface area contributed by atoms with Crippen LogP contribution >= 0.6 is 11.3 Å². The number of fused-ring (bicyclic) bond motifs is 1. The molecule has 1 aliphatic rings. The molecule has 0 N–H and O–H groups in total. The number of benzene rings is 1. The summed E-state index contributed by atoms with van der Waals surface area (Å²) >= 11 is 1.48. The van der Waals surface area contributed by atoms with Crippen LogP contribution in [-0.2, 0) is 0 Å². The first-order valence-electron chi connectivity index (χ1n) is 7.65. The fraction of sp³-hybridized carbons (Fsp3) is 0.222. The van der Waals surface area contributed by atoms with Crippen molar-refractivity contribution in [2.75, 3.05) is 13.1 Å². The van der Waals surface area contributed by atoms with Gasteiger partial charge in [0.25, 0.3) is 5.91 Å². The monoisotopic (exact) mass is 324 g/mol. The van der Waals surface area contributed by atoms with Crippen molar-refractivity contribution in [1.82, 2.24) is 9.88 Å². The van der Waals surface area contributed by atoms with Crippen LogP contribution in [0.3, 0.4) is 0 Å². The van der Waals surface area contributed by atoms with Crippen molar-refractivity contribution in [2.24, 2.45) is 0 Å². The standard InChI is InChI=1S/C18H16N2O2S/c21-18(16-6-3-11-23-16)20-10-9-14(12-20)22-17-8-7-13-4-1-2-5-15(13)19-17/h1-8,11,14H,9-10,12H2. The highest BCUT2D eigenvalue weighted by molar-refractivity contribution is 7.12. The van der Waals surface area contributed by atoms with Gasteiger partial charge in [-0.25, -0.2) is 4.98 Å². The summed E-state index contributed by atoms with van der Waals surface area (Å²) in [6, 6.07) is 15.7. The minimum Gasteiger partial charge on any atom is -0.472 e. The van der Waals surface area contributed by atoms with E-state index < -0.39 is 0 Å². The normalized spacial score (nSPS) is 17.6. The zero-order valence-corrected chi connectivity index (χ0v) is 13.3. The Morgan fingerprint density at radius 3 is 2.96 bits per heavy atom. The molecular weight excluding hydrogens is 308 g/mol. The number of nitrogens with zero attached hydrogens (tertiary/aromatic N) is 2. The second kappa shape index (κ2) is 6.01. The number of thiophene rings is 1. The highest BCUT2D eigenvalue weighted by atomic mass is 32.1. The molecule has 1 aromatic carbocycles. The molecule has 5 heteroatoms. The summed E-state index contributed by atoms with van der Waals surface area (Å²) < 4.78 is 5.98. The Hall–Kier alpha value is -2.40. The zero-order chi connectivity index (χ0) is 15.6. The fourth-order valence-electron chi connectivity index (χ4n) is 2.85. The number of para-hydroxylation sites is 1. The third-order valence-electron chi connectivity index (χ3n) is 4.02. The third-order valence-corrected chi connectivity index (χ3v) is 4.88. The lowest BCUT2D eigenvalue weighted by molar-refractivity contribution is 0.0776. The van der Waals surface area contributed by atoms with E-state index in [9.17, 15) is 4.79 Å². The van der Waals surface area contributed by atoms with Gasteiger partial charge in [0.05, 0.1) is 16.9 Å². The minimum absolute atomic E-state index is 0.00701. The molecule has 116 valence electrons. The Labute approximate surface area is 138 Å². The smallest absolute Gasteiger partial charge is 0.264 e. The van der Waals surface area contributed by atoms with Crippen LogP contribution in [0.15, 0.2) is 53.9 Å². The van der Waals surface area contributed by atoms with E-state index in [1.54, 1.807) is 0 Å². The van der Waals surface area contributed by atoms with Crippen LogP contribution in [0, 0.1) is 0 Å². The molecule has 2 aromatic heterocycles. The summed E-state index contributed by atoms with van der Waals surface area (Å²) in [6.45, 7) is 1.35. The van der Waals surface area contributed by atoms with E-state index in [2.05, 4.69) is 4.98 Å². The van der Waals surface area contributed by atoms with E-state index in [-0.39, 0.29) is 12.0 Å². The molecule has 0 saturated carbocycles. The van der Waals surface area contributed by atoms with Crippen LogP contribution < -0.4 is 4.74 Å². The maximum atomic E-state index is 12.3. The van der Waals surface area contributed by atoms with Gasteiger partial charge in [0.15, 0.2) is 0 Å². The molecule has 0 aliphatic carbocycles. The Kier molecular flexibility index (Phi) is 3.71. The second-order valence-corrected chi connectivity index (χ2v) is 6.55. The van der Waals surface area contributed by atoms with Gasteiger partial charge >= 0.3 is 0 Å². The van der Waals surface area contributed by atoms with Crippen molar-refractivity contribution in [3.63, 3.8) is 0 Å². The number of hydrogen-bond donors (Lipinski definition) is 0. The second-order valence-electron chi connectivity index (χ2n) is 5.60. The highest BCUT2D eigenvalue weighted by Gasteiger charge is 2.28. The van der Waals surface area contributed by atoms with E-state index in [4.69, 9.17) is 4.74 Å². The number of hydrogen-bond acceptors (Lipinski definition) is 4. The molecule has 0 bridgehead atoms. The van der Waals surface area contributed by atoms with Crippen molar-refractivity contribution in [3.8, 4) is 5.88 Å². The molecule has 3 heterocycles. The molecule has 1 atom stereocenters. The Balaban J connectivity index is 1.44. The average molecular weight is 324 g/mol. The van der Waals surface area contributed by atoms with Crippen molar-refractivity contribution in [1.29, 1.82) is 0 Å². The first kappa shape index (κ1) is 14.2. The van der Waals surface area contributed by atoms with E-state index in [1.807, 2.05) is 58.8 Å². The Morgan fingerprint density at radius 1 is 1.17 bits per heavy atom. The molecule has 23 heavy (non-hydrogen) atoms. The van der Waals surface area contributed by atoms with Crippen LogP contribution in [0.4, 0.5) is 0 Å². The maximum absolute atomic E-state index is 12.3. The molecule has 1 fully saturated rings.